The van der Waals surface area contributed by atoms with Crippen LogP contribution in [0.15, 0.2) is 24.3 Å². The van der Waals surface area contributed by atoms with Gasteiger partial charge in [0.05, 0.1) is 18.6 Å². The number of thioether (sulfide) groups is 1. The number of sulfonamides is 1. The standard InChI is InChI=1S/C17H26N2O5S2/c1-13(2)19-26(22,23)12-15-7-5-4-6-14(15)10-18-16(20)8-9-25-11-17(21)24-3/h4-7,13,19H,8-12H2,1-3H3,(H,18,20). The molecule has 1 amide bonds. The lowest BCUT2D eigenvalue weighted by atomic mass is 10.1. The number of benzene rings is 1. The number of ether oxygens (including phenoxy) is 1. The number of hydrogen-bond acceptors (Lipinski definition) is 6. The Bertz CT molecular complexity index is 705. The second kappa shape index (κ2) is 11.2. The fourth-order valence-electron chi connectivity index (χ4n) is 2.14. The SMILES string of the molecule is COC(=O)CSCCC(=O)NCc1ccccc1CS(=O)(=O)NC(C)C. The van der Waals surface area contributed by atoms with Crippen LogP contribution in [-0.2, 0) is 36.6 Å². The third kappa shape index (κ3) is 9.21. The van der Waals surface area contributed by atoms with Gasteiger partial charge >= 0.3 is 5.97 Å². The molecule has 7 nitrogen and oxygen atoms in total. The zero-order valence-corrected chi connectivity index (χ0v) is 16.9. The molecule has 0 aliphatic rings. The molecule has 0 radical (unpaired) electrons. The first kappa shape index (κ1) is 22.5. The van der Waals surface area contributed by atoms with Gasteiger partial charge in [-0.3, -0.25) is 9.59 Å². The molecule has 146 valence electrons. The molecule has 2 N–H and O–H groups in total. The Kier molecular flexibility index (Phi) is 9.68. The molecule has 0 saturated carbocycles. The zero-order chi connectivity index (χ0) is 19.6. The van der Waals surface area contributed by atoms with E-state index >= 15 is 0 Å². The van der Waals surface area contributed by atoms with Crippen LogP contribution in [0.3, 0.4) is 0 Å². The topological polar surface area (TPSA) is 102 Å². The Morgan fingerprint density at radius 1 is 1.19 bits per heavy atom. The van der Waals surface area contributed by atoms with Gasteiger partial charge in [-0.05, 0) is 25.0 Å². The molecule has 0 fully saturated rings. The van der Waals surface area contributed by atoms with E-state index in [4.69, 9.17) is 0 Å². The predicted octanol–water partition coefficient (Wildman–Crippen LogP) is 1.43. The summed E-state index contributed by atoms with van der Waals surface area (Å²) in [6, 6.07) is 6.95. The van der Waals surface area contributed by atoms with Crippen LogP contribution in [0.5, 0.6) is 0 Å². The number of amides is 1. The first-order valence-corrected chi connectivity index (χ1v) is 11.0. The molecular formula is C17H26N2O5S2. The maximum absolute atomic E-state index is 12.1. The fourth-order valence-corrected chi connectivity index (χ4v) is 4.39. The first-order valence-electron chi connectivity index (χ1n) is 8.21. The minimum Gasteiger partial charge on any atom is -0.468 e. The van der Waals surface area contributed by atoms with E-state index in [9.17, 15) is 18.0 Å². The van der Waals surface area contributed by atoms with E-state index in [2.05, 4.69) is 14.8 Å². The molecule has 0 aromatic heterocycles. The van der Waals surface area contributed by atoms with Crippen LogP contribution in [0, 0.1) is 0 Å². The van der Waals surface area contributed by atoms with Crippen LogP contribution >= 0.6 is 11.8 Å². The molecule has 0 bridgehead atoms. The highest BCUT2D eigenvalue weighted by Crippen LogP contribution is 2.13. The normalized spacial score (nSPS) is 11.4. The lowest BCUT2D eigenvalue weighted by Crippen LogP contribution is -2.32. The third-order valence-electron chi connectivity index (χ3n) is 3.28. The number of hydrogen-bond donors (Lipinski definition) is 2. The van der Waals surface area contributed by atoms with Crippen molar-refractivity contribution in [3.63, 3.8) is 0 Å². The van der Waals surface area contributed by atoms with Gasteiger partial charge in [-0.25, -0.2) is 13.1 Å². The molecule has 1 rings (SSSR count). The Labute approximate surface area is 159 Å². The van der Waals surface area contributed by atoms with Crippen molar-refractivity contribution in [1.29, 1.82) is 0 Å². The summed E-state index contributed by atoms with van der Waals surface area (Å²) < 4.78 is 31.3. The maximum Gasteiger partial charge on any atom is 0.315 e. The number of rotatable bonds is 11. The van der Waals surface area contributed by atoms with E-state index in [1.165, 1.54) is 18.9 Å². The van der Waals surface area contributed by atoms with Gasteiger partial charge in [0.15, 0.2) is 0 Å². The molecule has 0 aliphatic carbocycles. The molecule has 0 atom stereocenters. The summed E-state index contributed by atoms with van der Waals surface area (Å²) in [7, 11) is -2.11. The van der Waals surface area contributed by atoms with Crippen LogP contribution in [0.1, 0.15) is 31.4 Å². The maximum atomic E-state index is 12.1. The average Bonchev–Trinajstić information content (AvgIpc) is 2.56. The van der Waals surface area contributed by atoms with Gasteiger partial charge in [0, 0.05) is 24.8 Å². The van der Waals surface area contributed by atoms with Crippen molar-refractivity contribution >= 4 is 33.7 Å². The molecule has 0 spiro atoms. The fraction of sp³-hybridized carbons (Fsp3) is 0.529. The number of carbonyl (C=O) groups excluding carboxylic acids is 2. The molecule has 1 aromatic rings. The van der Waals surface area contributed by atoms with E-state index < -0.39 is 10.0 Å². The third-order valence-corrected chi connectivity index (χ3v) is 5.73. The summed E-state index contributed by atoms with van der Waals surface area (Å²) in [5.74, 6) is 0.121. The summed E-state index contributed by atoms with van der Waals surface area (Å²) in [6.45, 7) is 3.79. The van der Waals surface area contributed by atoms with Gasteiger partial charge in [0.2, 0.25) is 15.9 Å². The number of nitrogens with one attached hydrogen (secondary N) is 2. The Hall–Kier alpha value is -1.58. The van der Waals surface area contributed by atoms with Gasteiger partial charge in [-0.15, -0.1) is 11.8 Å². The highest BCUT2D eigenvalue weighted by molar-refractivity contribution is 7.99. The molecule has 0 unspecified atom stereocenters. The summed E-state index contributed by atoms with van der Waals surface area (Å²) >= 11 is 1.33. The quantitative estimate of drug-likeness (QED) is 0.429. The molecule has 26 heavy (non-hydrogen) atoms. The molecule has 9 heteroatoms. The number of carbonyl (C=O) groups is 2. The first-order chi connectivity index (χ1) is 12.2. The van der Waals surface area contributed by atoms with Crippen molar-refractivity contribution in [2.75, 3.05) is 18.6 Å². The molecular weight excluding hydrogens is 376 g/mol. The summed E-state index contributed by atoms with van der Waals surface area (Å²) in [5, 5.41) is 2.78. The Morgan fingerprint density at radius 3 is 2.46 bits per heavy atom. The lowest BCUT2D eigenvalue weighted by molar-refractivity contribution is -0.137. The van der Waals surface area contributed by atoms with Crippen LogP contribution in [0.2, 0.25) is 0 Å². The summed E-state index contributed by atoms with van der Waals surface area (Å²) in [6.07, 6.45) is 0.275. The van der Waals surface area contributed by atoms with Crippen molar-refractivity contribution in [3.05, 3.63) is 35.4 Å². The number of esters is 1. The molecule has 0 saturated heterocycles. The van der Waals surface area contributed by atoms with Crippen molar-refractivity contribution < 1.29 is 22.7 Å². The van der Waals surface area contributed by atoms with Crippen molar-refractivity contribution in [2.24, 2.45) is 0 Å². The van der Waals surface area contributed by atoms with Crippen molar-refractivity contribution in [1.82, 2.24) is 10.0 Å². The Morgan fingerprint density at radius 2 is 1.85 bits per heavy atom. The van der Waals surface area contributed by atoms with E-state index in [-0.39, 0.29) is 42.4 Å². The molecule has 0 heterocycles. The highest BCUT2D eigenvalue weighted by Gasteiger charge is 2.15. The van der Waals surface area contributed by atoms with Gasteiger partial charge in [0.1, 0.15) is 0 Å². The smallest absolute Gasteiger partial charge is 0.315 e. The van der Waals surface area contributed by atoms with Crippen LogP contribution < -0.4 is 10.0 Å². The number of methoxy groups -OCH3 is 1. The largest absolute Gasteiger partial charge is 0.468 e. The van der Waals surface area contributed by atoms with Crippen LogP contribution in [0.4, 0.5) is 0 Å². The second-order valence-corrected chi connectivity index (χ2v) is 8.81. The van der Waals surface area contributed by atoms with E-state index in [0.717, 1.165) is 5.56 Å². The zero-order valence-electron chi connectivity index (χ0n) is 15.3. The van der Waals surface area contributed by atoms with E-state index in [1.807, 2.05) is 0 Å². The minimum absolute atomic E-state index is 0.133. The van der Waals surface area contributed by atoms with E-state index in [0.29, 0.717) is 11.3 Å². The Balaban J connectivity index is 2.52. The predicted molar refractivity (Wildman–Crippen MR) is 103 cm³/mol. The highest BCUT2D eigenvalue weighted by atomic mass is 32.2. The second-order valence-electron chi connectivity index (χ2n) is 5.96. The van der Waals surface area contributed by atoms with Crippen molar-refractivity contribution in [3.8, 4) is 0 Å². The van der Waals surface area contributed by atoms with Crippen molar-refractivity contribution in [2.45, 2.75) is 38.6 Å². The van der Waals surface area contributed by atoms with E-state index in [1.54, 1.807) is 38.1 Å². The lowest BCUT2D eigenvalue weighted by Gasteiger charge is -2.13. The molecule has 1 aromatic carbocycles. The average molecular weight is 403 g/mol. The minimum atomic E-state index is -3.43. The summed E-state index contributed by atoms with van der Waals surface area (Å²) in [4.78, 5) is 22.9. The van der Waals surface area contributed by atoms with Gasteiger partial charge in [-0.1, -0.05) is 24.3 Å². The van der Waals surface area contributed by atoms with Gasteiger partial charge in [0.25, 0.3) is 0 Å². The molecule has 0 aliphatic heterocycles. The van der Waals surface area contributed by atoms with Crippen LogP contribution in [-0.4, -0.2) is 45.0 Å². The van der Waals surface area contributed by atoms with Gasteiger partial charge in [-0.2, -0.15) is 0 Å². The monoisotopic (exact) mass is 402 g/mol. The van der Waals surface area contributed by atoms with Crippen LogP contribution in [0.25, 0.3) is 0 Å². The summed E-state index contributed by atoms with van der Waals surface area (Å²) in [5.41, 5.74) is 1.42. The van der Waals surface area contributed by atoms with Gasteiger partial charge < -0.3 is 10.1 Å².